The van der Waals surface area contributed by atoms with Crippen molar-refractivity contribution in [3.05, 3.63) is 12.7 Å². The molecule has 16 heavy (non-hydrogen) atoms. The van der Waals surface area contributed by atoms with Crippen molar-refractivity contribution in [3.63, 3.8) is 0 Å². The molecule has 0 saturated heterocycles. The van der Waals surface area contributed by atoms with Crippen molar-refractivity contribution < 1.29 is 27.9 Å². The first-order valence-electron chi connectivity index (χ1n) is 4.42. The fourth-order valence-corrected chi connectivity index (χ4v) is 1.97. The van der Waals surface area contributed by atoms with Crippen LogP contribution >= 0.6 is 7.60 Å². The molecular weight excluding hydrogens is 235 g/mol. The summed E-state index contributed by atoms with van der Waals surface area (Å²) in [5.74, 6) is -2.36. The van der Waals surface area contributed by atoms with E-state index in [9.17, 15) is 14.2 Å². The Kier molecular flexibility index (Phi) is 6.18. The summed E-state index contributed by atoms with van der Waals surface area (Å²) >= 11 is 0. The number of hydrogen-bond acceptors (Lipinski definition) is 6. The van der Waals surface area contributed by atoms with Gasteiger partial charge in [0.2, 0.25) is 5.85 Å². The van der Waals surface area contributed by atoms with E-state index in [0.717, 1.165) is 6.08 Å². The van der Waals surface area contributed by atoms with Gasteiger partial charge in [0.05, 0.1) is 0 Å². The van der Waals surface area contributed by atoms with Crippen LogP contribution in [0.5, 0.6) is 0 Å². The molecule has 0 amide bonds. The third-order valence-electron chi connectivity index (χ3n) is 1.67. The molecule has 1 atom stereocenters. The summed E-state index contributed by atoms with van der Waals surface area (Å²) in [6.07, 6.45) is 0.740. The number of ether oxygens (including phenoxy) is 1. The lowest BCUT2D eigenvalue weighted by Gasteiger charge is -2.21. The van der Waals surface area contributed by atoms with Crippen molar-refractivity contribution in [2.45, 2.75) is 19.2 Å². The summed E-state index contributed by atoms with van der Waals surface area (Å²) in [6.45, 7) is 4.61. The van der Waals surface area contributed by atoms with Crippen molar-refractivity contribution in [2.75, 3.05) is 14.2 Å². The molecule has 0 aromatic heterocycles. The molecule has 0 N–H and O–H groups in total. The Labute approximate surface area is 94.1 Å². The zero-order chi connectivity index (χ0) is 12.8. The standard InChI is InChI=1S/C9H15O6P/c1-5-9(16(12,13-3)14-4)15-8(11)6-7(2)10/h5,9H,1,6H2,2-4H3. The smallest absolute Gasteiger partial charge is 0.374 e. The van der Waals surface area contributed by atoms with Gasteiger partial charge in [-0.3, -0.25) is 14.2 Å². The Bertz CT molecular complexity index is 316. The Morgan fingerprint density at radius 3 is 2.19 bits per heavy atom. The summed E-state index contributed by atoms with van der Waals surface area (Å²) < 4.78 is 25.9. The summed E-state index contributed by atoms with van der Waals surface area (Å²) in [5.41, 5.74) is 0. The van der Waals surface area contributed by atoms with Gasteiger partial charge in [0.15, 0.2) is 0 Å². The molecule has 1 unspecified atom stereocenters. The molecule has 0 aliphatic rings. The van der Waals surface area contributed by atoms with Gasteiger partial charge in [-0.1, -0.05) is 6.58 Å². The molecule has 0 saturated carbocycles. The van der Waals surface area contributed by atoms with Gasteiger partial charge in [-0.25, -0.2) is 0 Å². The molecular formula is C9H15O6P. The molecule has 0 heterocycles. The van der Waals surface area contributed by atoms with Crippen LogP contribution in [0.1, 0.15) is 13.3 Å². The molecule has 0 fully saturated rings. The topological polar surface area (TPSA) is 78.9 Å². The first-order valence-corrected chi connectivity index (χ1v) is 6.03. The van der Waals surface area contributed by atoms with Crippen molar-refractivity contribution >= 4 is 19.3 Å². The number of ketones is 1. The monoisotopic (exact) mass is 250 g/mol. The highest BCUT2D eigenvalue weighted by Gasteiger charge is 2.35. The van der Waals surface area contributed by atoms with E-state index < -0.39 is 25.8 Å². The van der Waals surface area contributed by atoms with Gasteiger partial charge in [-0.2, -0.15) is 0 Å². The van der Waals surface area contributed by atoms with Crippen LogP contribution in [-0.2, 0) is 27.9 Å². The van der Waals surface area contributed by atoms with Crippen LogP contribution in [0.15, 0.2) is 12.7 Å². The Morgan fingerprint density at radius 1 is 1.38 bits per heavy atom. The van der Waals surface area contributed by atoms with Crippen molar-refractivity contribution in [1.29, 1.82) is 0 Å². The molecule has 0 bridgehead atoms. The minimum absolute atomic E-state index is 0.350. The van der Waals surface area contributed by atoms with Gasteiger partial charge in [0.1, 0.15) is 12.2 Å². The zero-order valence-corrected chi connectivity index (χ0v) is 10.4. The molecule has 6 nitrogen and oxygen atoms in total. The van der Waals surface area contributed by atoms with Crippen LogP contribution in [0.4, 0.5) is 0 Å². The minimum atomic E-state index is -3.56. The molecule has 0 aliphatic heterocycles. The van der Waals surface area contributed by atoms with Gasteiger partial charge in [0.25, 0.3) is 0 Å². The predicted octanol–water partition coefficient (Wildman–Crippen LogP) is 1.51. The molecule has 0 spiro atoms. The number of Topliss-reactive ketones (excluding diaryl/α,β-unsaturated/α-hetero) is 1. The van der Waals surface area contributed by atoms with Crippen LogP contribution < -0.4 is 0 Å². The maximum absolute atomic E-state index is 11.8. The van der Waals surface area contributed by atoms with E-state index in [0.29, 0.717) is 0 Å². The lowest BCUT2D eigenvalue weighted by Crippen LogP contribution is -2.19. The molecule has 0 aliphatic carbocycles. The van der Waals surface area contributed by atoms with Crippen LogP contribution in [0.25, 0.3) is 0 Å². The summed E-state index contributed by atoms with van der Waals surface area (Å²) in [5, 5.41) is 0. The van der Waals surface area contributed by atoms with E-state index in [1.54, 1.807) is 0 Å². The lowest BCUT2D eigenvalue weighted by molar-refractivity contribution is -0.146. The first-order chi connectivity index (χ1) is 7.39. The second-order valence-electron chi connectivity index (χ2n) is 2.90. The zero-order valence-electron chi connectivity index (χ0n) is 9.47. The third-order valence-corrected chi connectivity index (χ3v) is 3.63. The third kappa shape index (κ3) is 4.26. The van der Waals surface area contributed by atoms with Crippen molar-refractivity contribution in [3.8, 4) is 0 Å². The van der Waals surface area contributed by atoms with E-state index in [-0.39, 0.29) is 5.78 Å². The second-order valence-corrected chi connectivity index (χ2v) is 5.22. The fourth-order valence-electron chi connectivity index (χ4n) is 0.904. The maximum Gasteiger partial charge on any atom is 0.374 e. The van der Waals surface area contributed by atoms with Crippen LogP contribution in [0, 0.1) is 0 Å². The average Bonchev–Trinajstić information content (AvgIpc) is 2.23. The number of esters is 1. The lowest BCUT2D eigenvalue weighted by atomic mass is 10.3. The Morgan fingerprint density at radius 2 is 1.88 bits per heavy atom. The first kappa shape index (κ1) is 15.0. The summed E-state index contributed by atoms with van der Waals surface area (Å²) in [4.78, 5) is 21.8. The number of carbonyl (C=O) groups is 2. The van der Waals surface area contributed by atoms with E-state index in [2.05, 4.69) is 15.6 Å². The highest BCUT2D eigenvalue weighted by Crippen LogP contribution is 2.52. The molecule has 0 radical (unpaired) electrons. The van der Waals surface area contributed by atoms with E-state index in [1.165, 1.54) is 21.1 Å². The number of hydrogen-bond donors (Lipinski definition) is 0. The average molecular weight is 250 g/mol. The van der Waals surface area contributed by atoms with E-state index in [1.807, 2.05) is 0 Å². The second kappa shape index (κ2) is 6.58. The minimum Gasteiger partial charge on any atom is -0.445 e. The summed E-state index contributed by atoms with van der Waals surface area (Å²) in [7, 11) is -1.23. The largest absolute Gasteiger partial charge is 0.445 e. The van der Waals surface area contributed by atoms with Gasteiger partial charge < -0.3 is 13.8 Å². The van der Waals surface area contributed by atoms with Crippen LogP contribution in [-0.4, -0.2) is 31.8 Å². The van der Waals surface area contributed by atoms with Gasteiger partial charge in [-0.05, 0) is 13.0 Å². The number of carbonyl (C=O) groups excluding carboxylic acids is 2. The maximum atomic E-state index is 11.8. The van der Waals surface area contributed by atoms with Crippen molar-refractivity contribution in [2.24, 2.45) is 0 Å². The predicted molar refractivity (Wildman–Crippen MR) is 57.0 cm³/mol. The fraction of sp³-hybridized carbons (Fsp3) is 0.556. The van der Waals surface area contributed by atoms with Crippen LogP contribution in [0.3, 0.4) is 0 Å². The Hall–Kier alpha value is -0.970. The van der Waals surface area contributed by atoms with Crippen LogP contribution in [0.2, 0.25) is 0 Å². The van der Waals surface area contributed by atoms with E-state index in [4.69, 9.17) is 4.74 Å². The Balaban J connectivity index is 4.64. The van der Waals surface area contributed by atoms with E-state index >= 15 is 0 Å². The summed E-state index contributed by atoms with van der Waals surface area (Å²) in [6, 6.07) is 0. The molecule has 7 heteroatoms. The highest BCUT2D eigenvalue weighted by molar-refractivity contribution is 7.54. The van der Waals surface area contributed by atoms with Gasteiger partial charge in [-0.15, -0.1) is 0 Å². The quantitative estimate of drug-likeness (QED) is 0.295. The van der Waals surface area contributed by atoms with Crippen molar-refractivity contribution in [1.82, 2.24) is 0 Å². The highest BCUT2D eigenvalue weighted by atomic mass is 31.2. The number of rotatable bonds is 7. The molecule has 92 valence electrons. The molecule has 0 aromatic rings. The van der Waals surface area contributed by atoms with Gasteiger partial charge >= 0.3 is 13.6 Å². The molecule has 0 rings (SSSR count). The SMILES string of the molecule is C=CC(OC(=O)CC(C)=O)P(=O)(OC)OC. The van der Waals surface area contributed by atoms with Gasteiger partial charge in [0, 0.05) is 14.2 Å². The molecule has 0 aromatic carbocycles. The normalized spacial score (nSPS) is 12.9.